The first kappa shape index (κ1) is 17.2. The zero-order chi connectivity index (χ0) is 18.0. The second-order valence-corrected chi connectivity index (χ2v) is 6.47. The van der Waals surface area contributed by atoms with Crippen molar-refractivity contribution in [3.8, 4) is 0 Å². The van der Waals surface area contributed by atoms with Gasteiger partial charge < -0.3 is 24.6 Å². The van der Waals surface area contributed by atoms with Gasteiger partial charge in [-0.25, -0.2) is 15.0 Å². The van der Waals surface area contributed by atoms with Crippen LogP contribution in [0.5, 0.6) is 0 Å². The van der Waals surface area contributed by atoms with E-state index in [1.807, 2.05) is 30.0 Å². The molecule has 2 aromatic heterocycles. The Morgan fingerprint density at radius 1 is 1.44 bits per heavy atom. The van der Waals surface area contributed by atoms with Crippen molar-refractivity contribution in [2.24, 2.45) is 0 Å². The Hall–Kier alpha value is -2.68. The van der Waals surface area contributed by atoms with Crippen LogP contribution in [0, 0.1) is 6.92 Å². The molecule has 9 heteroatoms. The lowest BCUT2D eigenvalue weighted by Gasteiger charge is -2.24. The van der Waals surface area contributed by atoms with Gasteiger partial charge >= 0.3 is 0 Å². The molecule has 0 bridgehead atoms. The third kappa shape index (κ3) is 3.71. The Bertz CT molecular complexity index is 762. The van der Waals surface area contributed by atoms with E-state index in [2.05, 4.69) is 20.3 Å². The second kappa shape index (κ2) is 6.67. The van der Waals surface area contributed by atoms with Crippen molar-refractivity contribution in [1.29, 1.82) is 0 Å². The molecule has 25 heavy (non-hydrogen) atoms. The van der Waals surface area contributed by atoms with Gasteiger partial charge in [0.25, 0.3) is 5.91 Å². The minimum Gasteiger partial charge on any atom is -0.438 e. The van der Waals surface area contributed by atoms with Crippen LogP contribution in [-0.4, -0.2) is 65.3 Å². The minimum atomic E-state index is -1.02. The SMILES string of the molecule is Cc1ncoc1C(=O)NC[C@@]1(O)CCN(c2cc(N(C)C)ncn2)C1. The molecule has 1 amide bonds. The second-order valence-electron chi connectivity index (χ2n) is 6.47. The number of anilines is 2. The maximum Gasteiger partial charge on any atom is 0.289 e. The molecule has 1 aliphatic rings. The molecule has 0 saturated carbocycles. The molecule has 0 aromatic carbocycles. The number of oxazole rings is 1. The van der Waals surface area contributed by atoms with E-state index >= 15 is 0 Å². The predicted molar refractivity (Wildman–Crippen MR) is 91.7 cm³/mol. The first-order chi connectivity index (χ1) is 11.9. The van der Waals surface area contributed by atoms with Crippen LogP contribution in [-0.2, 0) is 0 Å². The summed E-state index contributed by atoms with van der Waals surface area (Å²) in [7, 11) is 3.82. The number of carbonyl (C=O) groups is 1. The molecule has 0 unspecified atom stereocenters. The fourth-order valence-electron chi connectivity index (χ4n) is 2.80. The minimum absolute atomic E-state index is 0.133. The van der Waals surface area contributed by atoms with Gasteiger partial charge in [0.15, 0.2) is 6.39 Å². The van der Waals surface area contributed by atoms with Crippen LogP contribution in [0.25, 0.3) is 0 Å². The van der Waals surface area contributed by atoms with Crippen LogP contribution in [0.15, 0.2) is 23.2 Å². The average molecular weight is 346 g/mol. The summed E-state index contributed by atoms with van der Waals surface area (Å²) in [6.45, 7) is 2.86. The largest absolute Gasteiger partial charge is 0.438 e. The third-order valence-corrected chi connectivity index (χ3v) is 4.28. The normalized spacial score (nSPS) is 19.9. The van der Waals surface area contributed by atoms with Gasteiger partial charge in [0.2, 0.25) is 5.76 Å². The quantitative estimate of drug-likeness (QED) is 0.791. The van der Waals surface area contributed by atoms with E-state index in [9.17, 15) is 9.90 Å². The number of nitrogens with one attached hydrogen (secondary N) is 1. The highest BCUT2D eigenvalue weighted by Crippen LogP contribution is 2.26. The van der Waals surface area contributed by atoms with E-state index in [0.717, 1.165) is 11.6 Å². The summed E-state index contributed by atoms with van der Waals surface area (Å²) in [5.74, 6) is 1.35. The molecule has 3 rings (SSSR count). The molecule has 134 valence electrons. The van der Waals surface area contributed by atoms with Crippen LogP contribution in [0.3, 0.4) is 0 Å². The standard InChI is InChI=1S/C16H22N6O3/c1-11-14(25-10-20-11)15(23)17-7-16(24)4-5-22(8-16)13-6-12(21(2)3)18-9-19-13/h6,9-10,24H,4-5,7-8H2,1-3H3,(H,17,23)/t16-/m0/s1. The Morgan fingerprint density at radius 2 is 2.24 bits per heavy atom. The summed E-state index contributed by atoms with van der Waals surface area (Å²) in [4.78, 5) is 28.4. The van der Waals surface area contributed by atoms with E-state index in [1.165, 1.54) is 12.7 Å². The van der Waals surface area contributed by atoms with Crippen molar-refractivity contribution in [2.45, 2.75) is 18.9 Å². The summed E-state index contributed by atoms with van der Waals surface area (Å²) >= 11 is 0. The molecule has 1 atom stereocenters. The van der Waals surface area contributed by atoms with Gasteiger partial charge in [0, 0.05) is 39.8 Å². The van der Waals surface area contributed by atoms with Crippen LogP contribution in [0.4, 0.5) is 11.6 Å². The molecular formula is C16H22N6O3. The van der Waals surface area contributed by atoms with Gasteiger partial charge in [0.05, 0.1) is 5.69 Å². The van der Waals surface area contributed by atoms with Gasteiger partial charge in [-0.3, -0.25) is 4.79 Å². The van der Waals surface area contributed by atoms with Crippen LogP contribution >= 0.6 is 0 Å². The molecule has 3 heterocycles. The van der Waals surface area contributed by atoms with E-state index in [1.54, 1.807) is 6.92 Å². The summed E-state index contributed by atoms with van der Waals surface area (Å²) in [5.41, 5.74) is -0.498. The van der Waals surface area contributed by atoms with Crippen molar-refractivity contribution in [2.75, 3.05) is 43.5 Å². The van der Waals surface area contributed by atoms with E-state index in [-0.39, 0.29) is 18.2 Å². The van der Waals surface area contributed by atoms with Gasteiger partial charge in [-0.2, -0.15) is 0 Å². The van der Waals surface area contributed by atoms with Gasteiger partial charge in [0.1, 0.15) is 23.6 Å². The van der Waals surface area contributed by atoms with Crippen molar-refractivity contribution >= 4 is 17.5 Å². The number of aliphatic hydroxyl groups is 1. The number of carbonyl (C=O) groups excluding carboxylic acids is 1. The fourth-order valence-corrected chi connectivity index (χ4v) is 2.80. The smallest absolute Gasteiger partial charge is 0.289 e. The highest BCUT2D eigenvalue weighted by atomic mass is 16.3. The first-order valence-electron chi connectivity index (χ1n) is 8.03. The molecule has 1 aliphatic heterocycles. The maximum absolute atomic E-state index is 12.1. The molecule has 0 aliphatic carbocycles. The lowest BCUT2D eigenvalue weighted by Crippen LogP contribution is -2.45. The molecule has 1 fully saturated rings. The zero-order valence-electron chi connectivity index (χ0n) is 14.6. The van der Waals surface area contributed by atoms with Crippen molar-refractivity contribution in [1.82, 2.24) is 20.3 Å². The number of β-amino-alcohol motifs (C(OH)–C–C–N with tert-alkyl or cyclic N) is 1. The zero-order valence-corrected chi connectivity index (χ0v) is 14.6. The number of aromatic nitrogens is 3. The molecule has 9 nitrogen and oxygen atoms in total. The Balaban J connectivity index is 1.62. The molecular weight excluding hydrogens is 324 g/mol. The highest BCUT2D eigenvalue weighted by molar-refractivity contribution is 5.92. The Kier molecular flexibility index (Phi) is 4.58. The van der Waals surface area contributed by atoms with Crippen molar-refractivity contribution in [3.05, 3.63) is 30.2 Å². The number of amides is 1. The van der Waals surface area contributed by atoms with Crippen LogP contribution in [0.1, 0.15) is 22.7 Å². The fraction of sp³-hybridized carbons (Fsp3) is 0.500. The number of rotatable bonds is 5. The lowest BCUT2D eigenvalue weighted by atomic mass is 10.0. The Morgan fingerprint density at radius 3 is 2.92 bits per heavy atom. The van der Waals surface area contributed by atoms with Crippen LogP contribution < -0.4 is 15.1 Å². The molecule has 1 saturated heterocycles. The summed E-state index contributed by atoms with van der Waals surface area (Å²) in [6, 6.07) is 1.88. The summed E-state index contributed by atoms with van der Waals surface area (Å²) in [5, 5.41) is 13.5. The number of nitrogens with zero attached hydrogens (tertiary/aromatic N) is 5. The topological polar surface area (TPSA) is 108 Å². The summed E-state index contributed by atoms with van der Waals surface area (Å²) < 4.78 is 5.06. The summed E-state index contributed by atoms with van der Waals surface area (Å²) in [6.07, 6.45) is 3.27. The predicted octanol–water partition coefficient (Wildman–Crippen LogP) is 0.210. The average Bonchev–Trinajstić information content (AvgIpc) is 3.19. The molecule has 0 spiro atoms. The van der Waals surface area contributed by atoms with E-state index in [4.69, 9.17) is 4.42 Å². The highest BCUT2D eigenvalue weighted by Gasteiger charge is 2.37. The molecule has 2 aromatic rings. The third-order valence-electron chi connectivity index (χ3n) is 4.28. The van der Waals surface area contributed by atoms with Crippen molar-refractivity contribution < 1.29 is 14.3 Å². The molecule has 0 radical (unpaired) electrons. The number of hydrogen-bond donors (Lipinski definition) is 2. The number of aryl methyl sites for hydroxylation is 1. The lowest BCUT2D eigenvalue weighted by molar-refractivity contribution is 0.0566. The first-order valence-corrected chi connectivity index (χ1v) is 8.03. The van der Waals surface area contributed by atoms with Gasteiger partial charge in [-0.05, 0) is 13.3 Å². The molecule has 2 N–H and O–H groups in total. The maximum atomic E-state index is 12.1. The van der Waals surface area contributed by atoms with Crippen LogP contribution in [0.2, 0.25) is 0 Å². The number of hydrogen-bond acceptors (Lipinski definition) is 8. The monoisotopic (exact) mass is 346 g/mol. The Labute approximate surface area is 145 Å². The van der Waals surface area contributed by atoms with Gasteiger partial charge in [-0.15, -0.1) is 0 Å². The van der Waals surface area contributed by atoms with Gasteiger partial charge in [-0.1, -0.05) is 0 Å². The van der Waals surface area contributed by atoms with E-state index in [0.29, 0.717) is 25.2 Å². The van der Waals surface area contributed by atoms with E-state index < -0.39 is 5.60 Å². The van der Waals surface area contributed by atoms with Crippen molar-refractivity contribution in [3.63, 3.8) is 0 Å².